The van der Waals surface area contributed by atoms with Crippen molar-refractivity contribution in [1.29, 1.82) is 0 Å². The van der Waals surface area contributed by atoms with Gasteiger partial charge in [-0.15, -0.1) is 11.3 Å². The van der Waals surface area contributed by atoms with Crippen molar-refractivity contribution in [1.82, 2.24) is 19.9 Å². The molecule has 0 aromatic carbocycles. The molecule has 3 aromatic rings. The van der Waals surface area contributed by atoms with Crippen LogP contribution in [0.3, 0.4) is 0 Å². The number of fused-ring (bicyclic) bond motifs is 1. The van der Waals surface area contributed by atoms with Gasteiger partial charge in [0.2, 0.25) is 0 Å². The van der Waals surface area contributed by atoms with Gasteiger partial charge in [0, 0.05) is 31.9 Å². The van der Waals surface area contributed by atoms with E-state index in [1.807, 2.05) is 50.5 Å². The zero-order chi connectivity index (χ0) is 25.1. The maximum atomic E-state index is 12.5. The number of amides is 1. The average Bonchev–Trinajstić information content (AvgIpc) is 3.59. The molecule has 9 nitrogen and oxygen atoms in total. The van der Waals surface area contributed by atoms with Crippen molar-refractivity contribution in [2.24, 2.45) is 0 Å². The van der Waals surface area contributed by atoms with Crippen molar-refractivity contribution in [2.75, 3.05) is 26.2 Å². The molecule has 0 saturated carbocycles. The molecule has 1 amide bonds. The smallest absolute Gasteiger partial charge is 0.410 e. The lowest BCUT2D eigenvalue weighted by atomic mass is 10.1. The third-order valence-corrected chi connectivity index (χ3v) is 7.40. The SMILES string of the molecule is CC(C)(C)OC(=O)N1CCCC1COc1cc(CN2CCC(Oc3ccnc4ccsc34)CC2)on1. The predicted octanol–water partition coefficient (Wildman–Crippen LogP) is 5.11. The molecule has 36 heavy (non-hydrogen) atoms. The van der Waals surface area contributed by atoms with Gasteiger partial charge in [0.15, 0.2) is 5.76 Å². The molecule has 1 unspecified atom stereocenters. The molecule has 10 heteroatoms. The van der Waals surface area contributed by atoms with Crippen LogP contribution >= 0.6 is 11.3 Å². The van der Waals surface area contributed by atoms with Crippen LogP contribution < -0.4 is 9.47 Å². The number of piperidine rings is 1. The van der Waals surface area contributed by atoms with Gasteiger partial charge in [0.1, 0.15) is 24.1 Å². The number of hydrogen-bond donors (Lipinski definition) is 0. The van der Waals surface area contributed by atoms with Gasteiger partial charge in [-0.25, -0.2) is 4.79 Å². The Labute approximate surface area is 215 Å². The Bertz CT molecular complexity index is 1160. The monoisotopic (exact) mass is 514 g/mol. The zero-order valence-corrected chi connectivity index (χ0v) is 22.0. The summed E-state index contributed by atoms with van der Waals surface area (Å²) in [5.74, 6) is 2.16. The molecule has 194 valence electrons. The van der Waals surface area contributed by atoms with Crippen LogP contribution in [0.25, 0.3) is 10.2 Å². The van der Waals surface area contributed by atoms with Crippen molar-refractivity contribution in [3.8, 4) is 11.6 Å². The Kier molecular flexibility index (Phi) is 7.34. The third kappa shape index (κ3) is 6.10. The van der Waals surface area contributed by atoms with Crippen LogP contribution in [0, 0.1) is 0 Å². The molecular weight excluding hydrogens is 480 g/mol. The van der Waals surface area contributed by atoms with Crippen LogP contribution in [0.4, 0.5) is 4.79 Å². The molecule has 5 rings (SSSR count). The number of thiophene rings is 1. The summed E-state index contributed by atoms with van der Waals surface area (Å²) in [5.41, 5.74) is 0.478. The van der Waals surface area contributed by atoms with Crippen molar-refractivity contribution in [3.63, 3.8) is 0 Å². The summed E-state index contributed by atoms with van der Waals surface area (Å²) in [4.78, 5) is 21.0. The van der Waals surface area contributed by atoms with Gasteiger partial charge in [-0.2, -0.15) is 0 Å². The van der Waals surface area contributed by atoms with Gasteiger partial charge in [-0.05, 0) is 69.1 Å². The minimum atomic E-state index is -0.512. The van der Waals surface area contributed by atoms with Crippen molar-refractivity contribution < 1.29 is 23.5 Å². The van der Waals surface area contributed by atoms with Crippen LogP contribution in [0.2, 0.25) is 0 Å². The van der Waals surface area contributed by atoms with Crippen LogP contribution in [0.1, 0.15) is 52.2 Å². The lowest BCUT2D eigenvalue weighted by Gasteiger charge is -2.31. The first-order valence-electron chi connectivity index (χ1n) is 12.6. The molecule has 2 aliphatic heterocycles. The molecule has 0 N–H and O–H groups in total. The fourth-order valence-corrected chi connectivity index (χ4v) is 5.52. The Balaban J connectivity index is 1.07. The highest BCUT2D eigenvalue weighted by atomic mass is 32.1. The standard InChI is InChI=1S/C26H34N4O5S/c1-26(2,3)34-25(31)30-11-4-5-18(30)17-32-23-15-20(35-28-23)16-29-12-7-19(8-13-29)33-22-6-10-27-21-9-14-36-24(21)22/h6,9-10,14-15,18-19H,4-5,7-8,11-13,16-17H2,1-3H3. The van der Waals surface area contributed by atoms with Crippen LogP contribution in [-0.4, -0.2) is 70.0 Å². The van der Waals surface area contributed by atoms with Crippen LogP contribution in [0.15, 0.2) is 34.3 Å². The van der Waals surface area contributed by atoms with Crippen molar-refractivity contribution in [3.05, 3.63) is 35.5 Å². The van der Waals surface area contributed by atoms with E-state index < -0.39 is 5.60 Å². The van der Waals surface area contributed by atoms with Gasteiger partial charge < -0.3 is 23.6 Å². The number of rotatable bonds is 7. The van der Waals surface area contributed by atoms with E-state index >= 15 is 0 Å². The molecule has 2 fully saturated rings. The van der Waals surface area contributed by atoms with E-state index in [1.54, 1.807) is 16.2 Å². The number of nitrogens with zero attached hydrogens (tertiary/aromatic N) is 4. The van der Waals surface area contributed by atoms with E-state index in [0.29, 0.717) is 25.6 Å². The fraction of sp³-hybridized carbons (Fsp3) is 0.577. The second kappa shape index (κ2) is 10.6. The number of carbonyl (C=O) groups excluding carboxylic acids is 1. The average molecular weight is 515 g/mol. The van der Waals surface area contributed by atoms with E-state index in [4.69, 9.17) is 18.7 Å². The highest BCUT2D eigenvalue weighted by Gasteiger charge is 2.33. The zero-order valence-electron chi connectivity index (χ0n) is 21.1. The molecule has 3 aromatic heterocycles. The largest absolute Gasteiger partial charge is 0.489 e. The van der Waals surface area contributed by atoms with Gasteiger partial charge in [0.05, 0.1) is 22.8 Å². The third-order valence-electron chi connectivity index (χ3n) is 6.48. The molecule has 0 radical (unpaired) electrons. The van der Waals surface area contributed by atoms with Crippen molar-refractivity contribution in [2.45, 2.75) is 70.7 Å². The number of aromatic nitrogens is 2. The van der Waals surface area contributed by atoms with Crippen LogP contribution in [0.5, 0.6) is 11.6 Å². The summed E-state index contributed by atoms with van der Waals surface area (Å²) in [5, 5.41) is 6.13. The van der Waals surface area contributed by atoms with Gasteiger partial charge in [0.25, 0.3) is 5.88 Å². The number of pyridine rings is 1. The maximum Gasteiger partial charge on any atom is 0.410 e. The minimum absolute atomic E-state index is 0.0187. The Hall–Kier alpha value is -2.85. The molecule has 2 saturated heterocycles. The quantitative estimate of drug-likeness (QED) is 0.430. The number of likely N-dealkylation sites (tertiary alicyclic amines) is 2. The Morgan fingerprint density at radius 3 is 2.83 bits per heavy atom. The highest BCUT2D eigenvalue weighted by Crippen LogP contribution is 2.31. The molecule has 2 aliphatic rings. The lowest BCUT2D eigenvalue weighted by molar-refractivity contribution is 0.0184. The molecule has 5 heterocycles. The Morgan fingerprint density at radius 2 is 2.03 bits per heavy atom. The highest BCUT2D eigenvalue weighted by molar-refractivity contribution is 7.17. The summed E-state index contributed by atoms with van der Waals surface area (Å²) < 4.78 is 24.4. The summed E-state index contributed by atoms with van der Waals surface area (Å²) >= 11 is 1.67. The number of hydrogen-bond acceptors (Lipinski definition) is 9. The van der Waals surface area contributed by atoms with E-state index in [0.717, 1.165) is 60.5 Å². The molecular formula is C26H34N4O5S. The minimum Gasteiger partial charge on any atom is -0.489 e. The van der Waals surface area contributed by atoms with Crippen LogP contribution in [-0.2, 0) is 11.3 Å². The van der Waals surface area contributed by atoms with Gasteiger partial charge in [-0.3, -0.25) is 9.88 Å². The predicted molar refractivity (Wildman–Crippen MR) is 137 cm³/mol. The number of carbonyl (C=O) groups is 1. The second-order valence-electron chi connectivity index (χ2n) is 10.4. The lowest BCUT2D eigenvalue weighted by Crippen LogP contribution is -2.42. The normalized spacial score (nSPS) is 19.6. The van der Waals surface area contributed by atoms with Gasteiger partial charge >= 0.3 is 6.09 Å². The topological polar surface area (TPSA) is 90.2 Å². The Morgan fingerprint density at radius 1 is 1.19 bits per heavy atom. The molecule has 0 aliphatic carbocycles. The van der Waals surface area contributed by atoms with Gasteiger partial charge in [-0.1, -0.05) is 0 Å². The molecule has 0 spiro atoms. The summed E-state index contributed by atoms with van der Waals surface area (Å²) in [7, 11) is 0. The van der Waals surface area contributed by atoms with E-state index in [1.165, 1.54) is 0 Å². The summed E-state index contributed by atoms with van der Waals surface area (Å²) in [6.45, 7) is 9.22. The molecule has 0 bridgehead atoms. The number of ether oxygens (including phenoxy) is 3. The van der Waals surface area contributed by atoms with E-state index in [-0.39, 0.29) is 18.2 Å². The fourth-order valence-electron chi connectivity index (χ4n) is 4.72. The first kappa shape index (κ1) is 24.8. The maximum absolute atomic E-state index is 12.5. The first-order valence-corrected chi connectivity index (χ1v) is 13.5. The summed E-state index contributed by atoms with van der Waals surface area (Å²) in [6, 6.07) is 5.81. The molecule has 1 atom stereocenters. The van der Waals surface area contributed by atoms with E-state index in [9.17, 15) is 4.79 Å². The first-order chi connectivity index (χ1) is 17.3. The van der Waals surface area contributed by atoms with E-state index in [2.05, 4.69) is 15.0 Å². The summed E-state index contributed by atoms with van der Waals surface area (Å²) in [6.07, 6.45) is 5.45. The second-order valence-corrected chi connectivity index (χ2v) is 11.4. The van der Waals surface area contributed by atoms with Crippen molar-refractivity contribution >= 4 is 27.6 Å².